The maximum atomic E-state index is 11.4. The largest absolute Gasteiger partial charge is 0.338 e. The van der Waals surface area contributed by atoms with Crippen LogP contribution in [-0.4, -0.2) is 20.9 Å². The number of nitrogens with zero attached hydrogens (tertiary/aromatic N) is 3. The summed E-state index contributed by atoms with van der Waals surface area (Å²) in [5.41, 5.74) is 0.783. The van der Waals surface area contributed by atoms with Crippen LogP contribution in [0.5, 0.6) is 0 Å². The molecule has 0 atom stereocenters. The minimum Gasteiger partial charge on any atom is -0.338 e. The first-order valence-corrected chi connectivity index (χ1v) is 5.54. The number of pyridine rings is 1. The molecule has 0 aliphatic rings. The van der Waals surface area contributed by atoms with Crippen molar-refractivity contribution in [3.05, 3.63) is 30.4 Å². The quantitative estimate of drug-likeness (QED) is 0.787. The van der Waals surface area contributed by atoms with Crippen LogP contribution >= 0.6 is 0 Å². The lowest BCUT2D eigenvalue weighted by atomic mass is 10.2. The molecule has 0 aliphatic heterocycles. The second kappa shape index (κ2) is 5.34. The van der Waals surface area contributed by atoms with E-state index in [1.54, 1.807) is 18.5 Å². The number of hydrogen-bond acceptors (Lipinski definition) is 5. The predicted molar refractivity (Wildman–Crippen MR) is 61.1 cm³/mol. The molecular weight excluding hydrogens is 218 g/mol. The summed E-state index contributed by atoms with van der Waals surface area (Å²) in [6.07, 6.45) is 4.92. The summed E-state index contributed by atoms with van der Waals surface area (Å²) in [7, 11) is 0. The zero-order valence-electron chi connectivity index (χ0n) is 9.59. The van der Waals surface area contributed by atoms with E-state index in [9.17, 15) is 4.79 Å². The first kappa shape index (κ1) is 11.4. The third-order valence-electron chi connectivity index (χ3n) is 2.27. The average Bonchev–Trinajstić information content (AvgIpc) is 2.79. The molecule has 0 saturated carbocycles. The summed E-state index contributed by atoms with van der Waals surface area (Å²) >= 11 is 0. The van der Waals surface area contributed by atoms with Crippen molar-refractivity contribution in [2.24, 2.45) is 0 Å². The van der Waals surface area contributed by atoms with Gasteiger partial charge >= 0.3 is 0 Å². The molecule has 5 heteroatoms. The molecule has 0 N–H and O–H groups in total. The Labute approximate surface area is 98.9 Å². The van der Waals surface area contributed by atoms with Crippen LogP contribution in [0.25, 0.3) is 11.4 Å². The van der Waals surface area contributed by atoms with Gasteiger partial charge < -0.3 is 4.52 Å². The maximum Gasteiger partial charge on any atom is 0.234 e. The Bertz CT molecular complexity index is 493. The van der Waals surface area contributed by atoms with E-state index in [0.717, 1.165) is 12.0 Å². The molecule has 88 valence electrons. The monoisotopic (exact) mass is 231 g/mol. The van der Waals surface area contributed by atoms with Crippen molar-refractivity contribution in [3.8, 4) is 11.4 Å². The van der Waals surface area contributed by atoms with Crippen molar-refractivity contribution in [2.75, 3.05) is 0 Å². The fourth-order valence-electron chi connectivity index (χ4n) is 1.47. The molecule has 0 radical (unpaired) electrons. The minimum absolute atomic E-state index is 0.119. The summed E-state index contributed by atoms with van der Waals surface area (Å²) in [6.45, 7) is 1.97. The number of ketones is 1. The van der Waals surface area contributed by atoms with Crippen molar-refractivity contribution in [3.63, 3.8) is 0 Å². The van der Waals surface area contributed by atoms with E-state index in [2.05, 4.69) is 15.1 Å². The Balaban J connectivity index is 2.09. The fourth-order valence-corrected chi connectivity index (χ4v) is 1.47. The van der Waals surface area contributed by atoms with Gasteiger partial charge in [-0.1, -0.05) is 12.1 Å². The van der Waals surface area contributed by atoms with Crippen molar-refractivity contribution in [1.82, 2.24) is 15.1 Å². The van der Waals surface area contributed by atoms with Crippen LogP contribution in [0.15, 0.2) is 29.0 Å². The summed E-state index contributed by atoms with van der Waals surface area (Å²) in [5.74, 6) is 0.952. The summed E-state index contributed by atoms with van der Waals surface area (Å²) < 4.78 is 5.03. The molecule has 2 aromatic heterocycles. The minimum atomic E-state index is 0.119. The van der Waals surface area contributed by atoms with Crippen LogP contribution in [0.3, 0.4) is 0 Å². The highest BCUT2D eigenvalue weighted by atomic mass is 16.5. The fraction of sp³-hybridized carbons (Fsp3) is 0.333. The Morgan fingerprint density at radius 2 is 2.35 bits per heavy atom. The molecule has 0 spiro atoms. The zero-order chi connectivity index (χ0) is 12.1. The van der Waals surface area contributed by atoms with E-state index in [1.165, 1.54) is 0 Å². The van der Waals surface area contributed by atoms with Crippen LogP contribution in [0.2, 0.25) is 0 Å². The lowest BCUT2D eigenvalue weighted by Gasteiger charge is -1.92. The molecule has 0 unspecified atom stereocenters. The normalized spacial score (nSPS) is 10.4. The Kier molecular flexibility index (Phi) is 3.59. The molecule has 2 aromatic rings. The number of aromatic nitrogens is 3. The maximum absolute atomic E-state index is 11.4. The number of Topliss-reactive ketones (excluding diaryl/α,β-unsaturated/α-hetero) is 1. The van der Waals surface area contributed by atoms with E-state index < -0.39 is 0 Å². The SMILES string of the molecule is CCCC(=O)Cc1nc(-c2cccnc2)no1. The van der Waals surface area contributed by atoms with E-state index in [1.807, 2.05) is 13.0 Å². The summed E-state index contributed by atoms with van der Waals surface area (Å²) in [5, 5.41) is 3.82. The van der Waals surface area contributed by atoms with Gasteiger partial charge in [-0.3, -0.25) is 9.78 Å². The third kappa shape index (κ3) is 2.96. The molecule has 0 bridgehead atoms. The average molecular weight is 231 g/mol. The van der Waals surface area contributed by atoms with Gasteiger partial charge in [0.25, 0.3) is 0 Å². The van der Waals surface area contributed by atoms with Crippen molar-refractivity contribution in [2.45, 2.75) is 26.2 Å². The van der Waals surface area contributed by atoms with Gasteiger partial charge in [0.15, 0.2) is 0 Å². The van der Waals surface area contributed by atoms with E-state index in [-0.39, 0.29) is 12.2 Å². The highest BCUT2D eigenvalue weighted by Gasteiger charge is 2.11. The highest BCUT2D eigenvalue weighted by molar-refractivity contribution is 5.79. The zero-order valence-corrected chi connectivity index (χ0v) is 9.59. The van der Waals surface area contributed by atoms with Gasteiger partial charge in [-0.2, -0.15) is 4.98 Å². The lowest BCUT2D eigenvalue weighted by molar-refractivity contribution is -0.118. The number of carbonyl (C=O) groups is 1. The second-order valence-corrected chi connectivity index (χ2v) is 3.72. The van der Waals surface area contributed by atoms with Gasteiger partial charge in [-0.15, -0.1) is 0 Å². The predicted octanol–water partition coefficient (Wildman–Crippen LogP) is 2.04. The van der Waals surface area contributed by atoms with Crippen LogP contribution in [0.1, 0.15) is 25.7 Å². The van der Waals surface area contributed by atoms with E-state index >= 15 is 0 Å². The van der Waals surface area contributed by atoms with Crippen LogP contribution in [0.4, 0.5) is 0 Å². The molecule has 0 saturated heterocycles. The lowest BCUT2D eigenvalue weighted by Crippen LogP contribution is -2.01. The standard InChI is InChI=1S/C12H13N3O2/c1-2-4-10(16)7-11-14-12(15-17-11)9-5-3-6-13-8-9/h3,5-6,8H,2,4,7H2,1H3. The van der Waals surface area contributed by atoms with Gasteiger partial charge in [0.2, 0.25) is 11.7 Å². The molecule has 0 amide bonds. The molecule has 0 aromatic carbocycles. The van der Waals surface area contributed by atoms with Gasteiger partial charge in [-0.05, 0) is 18.6 Å². The molecule has 17 heavy (non-hydrogen) atoms. The molecule has 2 rings (SSSR count). The Morgan fingerprint density at radius 3 is 3.06 bits per heavy atom. The Hall–Kier alpha value is -2.04. The van der Waals surface area contributed by atoms with Crippen LogP contribution in [0, 0.1) is 0 Å². The van der Waals surface area contributed by atoms with Gasteiger partial charge in [0.1, 0.15) is 5.78 Å². The highest BCUT2D eigenvalue weighted by Crippen LogP contribution is 2.14. The van der Waals surface area contributed by atoms with Crippen molar-refractivity contribution < 1.29 is 9.32 Å². The summed E-state index contributed by atoms with van der Waals surface area (Å²) in [6, 6.07) is 3.64. The van der Waals surface area contributed by atoms with Gasteiger partial charge in [0.05, 0.1) is 6.42 Å². The topological polar surface area (TPSA) is 68.9 Å². The molecule has 0 fully saturated rings. The number of rotatable bonds is 5. The Morgan fingerprint density at radius 1 is 1.47 bits per heavy atom. The molecule has 5 nitrogen and oxygen atoms in total. The first-order chi connectivity index (χ1) is 8.29. The third-order valence-corrected chi connectivity index (χ3v) is 2.27. The molecule has 2 heterocycles. The van der Waals surface area contributed by atoms with Crippen molar-refractivity contribution >= 4 is 5.78 Å². The van der Waals surface area contributed by atoms with Crippen LogP contribution < -0.4 is 0 Å². The van der Waals surface area contributed by atoms with Crippen molar-refractivity contribution in [1.29, 1.82) is 0 Å². The smallest absolute Gasteiger partial charge is 0.234 e. The van der Waals surface area contributed by atoms with Gasteiger partial charge in [0, 0.05) is 24.4 Å². The number of hydrogen-bond donors (Lipinski definition) is 0. The first-order valence-electron chi connectivity index (χ1n) is 5.54. The van der Waals surface area contributed by atoms with Crippen LogP contribution in [-0.2, 0) is 11.2 Å². The van der Waals surface area contributed by atoms with Gasteiger partial charge in [-0.25, -0.2) is 0 Å². The van der Waals surface area contributed by atoms with E-state index in [4.69, 9.17) is 4.52 Å². The molecular formula is C12H13N3O2. The molecule has 0 aliphatic carbocycles. The summed E-state index contributed by atoms with van der Waals surface area (Å²) in [4.78, 5) is 19.6. The number of carbonyl (C=O) groups excluding carboxylic acids is 1. The second-order valence-electron chi connectivity index (χ2n) is 3.72. The van der Waals surface area contributed by atoms with E-state index in [0.29, 0.717) is 18.1 Å².